The van der Waals surface area contributed by atoms with Crippen LogP contribution < -0.4 is 20.9 Å². The first-order valence-corrected chi connectivity index (χ1v) is 13.2. The van der Waals surface area contributed by atoms with E-state index < -0.39 is 67.3 Å². The Hall–Kier alpha value is -2.80. The number of para-hydroxylation sites is 1. The van der Waals surface area contributed by atoms with E-state index in [1.807, 2.05) is 0 Å². The van der Waals surface area contributed by atoms with Gasteiger partial charge in [-0.1, -0.05) is 18.2 Å². The SMILES string of the molecule is CC(C)OC(=O)C(C)NP(=O)(OCC12COC(C(n3ccc(=O)[nH]c3=O)O1)C2(C)O)Oc1ccccc1. The van der Waals surface area contributed by atoms with Crippen LogP contribution in [0.1, 0.15) is 33.9 Å². The van der Waals surface area contributed by atoms with Crippen LogP contribution in [0.4, 0.5) is 0 Å². The molecule has 0 aliphatic carbocycles. The first-order valence-electron chi connectivity index (χ1n) is 11.7. The number of carbonyl (C=O) groups excluding carboxylic acids is 1. The number of nitrogens with one attached hydrogen (secondary N) is 2. The molecular formula is C23H30N3O10P. The van der Waals surface area contributed by atoms with Gasteiger partial charge in [-0.2, -0.15) is 5.09 Å². The molecule has 2 fully saturated rings. The van der Waals surface area contributed by atoms with E-state index in [0.29, 0.717) is 0 Å². The second kappa shape index (κ2) is 10.2. The first kappa shape index (κ1) is 27.2. The predicted octanol–water partition coefficient (Wildman–Crippen LogP) is 1.09. The Bertz CT molecular complexity index is 1290. The zero-order valence-electron chi connectivity index (χ0n) is 20.8. The third-order valence-electron chi connectivity index (χ3n) is 6.20. The molecule has 0 saturated carbocycles. The molecule has 202 valence electrons. The lowest BCUT2D eigenvalue weighted by atomic mass is 9.86. The second-order valence-electron chi connectivity index (χ2n) is 9.41. The quantitative estimate of drug-likeness (QED) is 0.292. The third kappa shape index (κ3) is 5.42. The highest BCUT2D eigenvalue weighted by molar-refractivity contribution is 7.52. The number of hydrogen-bond acceptors (Lipinski definition) is 10. The zero-order chi connectivity index (χ0) is 27.0. The molecule has 0 spiro atoms. The van der Waals surface area contributed by atoms with Gasteiger partial charge < -0.3 is 23.8 Å². The predicted molar refractivity (Wildman–Crippen MR) is 129 cm³/mol. The molecule has 2 aromatic rings. The Balaban J connectivity index is 1.58. The molecule has 37 heavy (non-hydrogen) atoms. The van der Waals surface area contributed by atoms with Crippen molar-refractivity contribution >= 4 is 13.7 Å². The van der Waals surface area contributed by atoms with Gasteiger partial charge in [-0.15, -0.1) is 0 Å². The summed E-state index contributed by atoms with van der Waals surface area (Å²) in [5.74, 6) is -0.461. The van der Waals surface area contributed by atoms with Crippen molar-refractivity contribution in [1.82, 2.24) is 14.6 Å². The molecule has 3 heterocycles. The molecule has 2 bridgehead atoms. The molecular weight excluding hydrogens is 509 g/mol. The van der Waals surface area contributed by atoms with E-state index in [0.717, 1.165) is 10.6 Å². The van der Waals surface area contributed by atoms with Crippen LogP contribution in [0.3, 0.4) is 0 Å². The lowest BCUT2D eigenvalue weighted by molar-refractivity contribution is -0.189. The van der Waals surface area contributed by atoms with E-state index in [1.165, 1.54) is 20.0 Å². The summed E-state index contributed by atoms with van der Waals surface area (Å²) in [6.45, 7) is 5.62. The molecule has 6 atom stereocenters. The Morgan fingerprint density at radius 2 is 1.97 bits per heavy atom. The van der Waals surface area contributed by atoms with Crippen LogP contribution in [0, 0.1) is 0 Å². The summed E-state index contributed by atoms with van der Waals surface area (Å²) in [6.07, 6.45) is -1.26. The number of aliphatic hydroxyl groups is 1. The smallest absolute Gasteiger partial charge is 0.459 e. The highest BCUT2D eigenvalue weighted by Crippen LogP contribution is 2.54. The molecule has 1 aromatic heterocycles. The van der Waals surface area contributed by atoms with Crippen molar-refractivity contribution in [2.75, 3.05) is 13.2 Å². The number of rotatable bonds is 10. The maximum absolute atomic E-state index is 13.8. The maximum Gasteiger partial charge on any atom is 0.459 e. The number of nitrogens with zero attached hydrogens (tertiary/aromatic N) is 1. The number of benzene rings is 1. The largest absolute Gasteiger partial charge is 0.462 e. The zero-order valence-corrected chi connectivity index (χ0v) is 21.7. The molecule has 6 unspecified atom stereocenters. The summed E-state index contributed by atoms with van der Waals surface area (Å²) in [5, 5.41) is 13.9. The molecule has 14 heteroatoms. The number of H-pyrrole nitrogens is 1. The Kier molecular flexibility index (Phi) is 7.48. The molecule has 2 saturated heterocycles. The van der Waals surface area contributed by atoms with Crippen LogP contribution in [-0.2, 0) is 28.1 Å². The Morgan fingerprint density at radius 3 is 2.62 bits per heavy atom. The lowest BCUT2D eigenvalue weighted by Crippen LogP contribution is -2.53. The fourth-order valence-corrected chi connectivity index (χ4v) is 5.71. The molecule has 0 radical (unpaired) electrons. The van der Waals surface area contributed by atoms with E-state index >= 15 is 0 Å². The second-order valence-corrected chi connectivity index (χ2v) is 11.1. The van der Waals surface area contributed by atoms with Crippen molar-refractivity contribution in [1.29, 1.82) is 0 Å². The van der Waals surface area contributed by atoms with E-state index in [9.17, 15) is 24.1 Å². The van der Waals surface area contributed by atoms with Crippen molar-refractivity contribution in [3.8, 4) is 5.75 Å². The monoisotopic (exact) mass is 539 g/mol. The summed E-state index contributed by atoms with van der Waals surface area (Å²) in [7, 11) is -4.26. The van der Waals surface area contributed by atoms with Crippen LogP contribution in [0.25, 0.3) is 0 Å². The van der Waals surface area contributed by atoms with Gasteiger partial charge in [-0.05, 0) is 39.8 Å². The summed E-state index contributed by atoms with van der Waals surface area (Å²) in [5.41, 5.74) is -4.59. The number of aromatic amines is 1. The highest BCUT2D eigenvalue weighted by atomic mass is 31.2. The summed E-state index contributed by atoms with van der Waals surface area (Å²) in [6, 6.07) is 8.26. The fraction of sp³-hybridized carbons (Fsp3) is 0.522. The van der Waals surface area contributed by atoms with Crippen molar-refractivity contribution in [2.45, 2.75) is 63.4 Å². The summed E-state index contributed by atoms with van der Waals surface area (Å²) >= 11 is 0. The van der Waals surface area contributed by atoms with Crippen molar-refractivity contribution in [3.63, 3.8) is 0 Å². The molecule has 2 aliphatic rings. The minimum absolute atomic E-state index is 0.143. The molecule has 3 N–H and O–H groups in total. The number of carbonyl (C=O) groups is 1. The average Bonchev–Trinajstić information content (AvgIpc) is 3.19. The third-order valence-corrected chi connectivity index (χ3v) is 7.82. The average molecular weight is 539 g/mol. The van der Waals surface area contributed by atoms with Crippen molar-refractivity contribution in [2.24, 2.45) is 0 Å². The summed E-state index contributed by atoms with van der Waals surface area (Å²) in [4.78, 5) is 38.3. The van der Waals surface area contributed by atoms with Crippen LogP contribution in [0.5, 0.6) is 5.75 Å². The highest BCUT2D eigenvalue weighted by Gasteiger charge is 2.70. The van der Waals surface area contributed by atoms with Gasteiger partial charge in [0.25, 0.3) is 5.56 Å². The van der Waals surface area contributed by atoms with E-state index in [1.54, 1.807) is 44.2 Å². The molecule has 2 aliphatic heterocycles. The van der Waals surface area contributed by atoms with Gasteiger partial charge in [-0.25, -0.2) is 9.36 Å². The number of aromatic nitrogens is 2. The number of ether oxygens (including phenoxy) is 3. The Labute approximate surface area is 212 Å². The fourth-order valence-electron chi connectivity index (χ4n) is 4.17. The van der Waals surface area contributed by atoms with Gasteiger partial charge in [0, 0.05) is 12.3 Å². The number of hydrogen-bond donors (Lipinski definition) is 3. The van der Waals surface area contributed by atoms with Gasteiger partial charge in [0.2, 0.25) is 0 Å². The minimum atomic E-state index is -4.26. The van der Waals surface area contributed by atoms with E-state index in [4.69, 9.17) is 23.3 Å². The van der Waals surface area contributed by atoms with Gasteiger partial charge in [0.15, 0.2) is 6.23 Å². The maximum atomic E-state index is 13.8. The standard InChI is InChI=1S/C23H30N3O10P/c1-14(2)34-20(28)15(3)25-37(31,36-16-8-6-5-7-9-16)33-13-23-12-32-18(22(23,4)30)19(35-23)26-11-10-17(27)24-21(26)29/h5-11,14-15,18-19,30H,12-13H2,1-4H3,(H,25,31)(H,24,27,29). The lowest BCUT2D eigenvalue weighted by Gasteiger charge is -2.34. The molecule has 4 rings (SSSR count). The van der Waals surface area contributed by atoms with Crippen LogP contribution in [0.15, 0.2) is 52.2 Å². The molecule has 1 aromatic carbocycles. The van der Waals surface area contributed by atoms with Gasteiger partial charge in [0.1, 0.15) is 29.1 Å². The summed E-state index contributed by atoms with van der Waals surface area (Å²) < 4.78 is 43.3. The van der Waals surface area contributed by atoms with Crippen molar-refractivity contribution < 1.29 is 37.7 Å². The normalized spacial score (nSPS) is 29.1. The topological polar surface area (TPSA) is 167 Å². The minimum Gasteiger partial charge on any atom is -0.462 e. The number of esters is 1. The molecule has 13 nitrogen and oxygen atoms in total. The van der Waals surface area contributed by atoms with Gasteiger partial charge >= 0.3 is 19.4 Å². The van der Waals surface area contributed by atoms with Crippen molar-refractivity contribution in [3.05, 3.63) is 63.4 Å². The van der Waals surface area contributed by atoms with Crippen LogP contribution in [-0.4, -0.2) is 63.3 Å². The van der Waals surface area contributed by atoms with Gasteiger partial charge in [0.05, 0.1) is 19.3 Å². The van der Waals surface area contributed by atoms with Gasteiger partial charge in [-0.3, -0.25) is 23.7 Å². The Morgan fingerprint density at radius 1 is 1.27 bits per heavy atom. The van der Waals surface area contributed by atoms with E-state index in [2.05, 4.69) is 10.1 Å². The van der Waals surface area contributed by atoms with E-state index in [-0.39, 0.29) is 12.4 Å². The van der Waals surface area contributed by atoms with Crippen LogP contribution >= 0.6 is 7.75 Å². The molecule has 0 amide bonds. The number of fused-ring (bicyclic) bond motifs is 2. The first-order chi connectivity index (χ1) is 17.4. The van der Waals surface area contributed by atoms with Crippen LogP contribution in [0.2, 0.25) is 0 Å².